The van der Waals surface area contributed by atoms with Crippen molar-refractivity contribution in [3.63, 3.8) is 0 Å². The summed E-state index contributed by atoms with van der Waals surface area (Å²) in [6, 6.07) is 6.26. The topological polar surface area (TPSA) is 54.2 Å². The molecule has 1 aromatic heterocycles. The van der Waals surface area contributed by atoms with E-state index in [-0.39, 0.29) is 24.3 Å². The standard InChI is InChI=1S/C13H15FN4O.ClH/c1-18-6-5-15-8-11(18)12-16-13(19-17-12)9-3-2-4-10(14)7-9;/h2-4,7,11,15H,5-6,8H2,1H3;1H. The summed E-state index contributed by atoms with van der Waals surface area (Å²) >= 11 is 0. The van der Waals surface area contributed by atoms with Gasteiger partial charge in [0.05, 0.1) is 6.04 Å². The summed E-state index contributed by atoms with van der Waals surface area (Å²) in [7, 11) is 2.03. The normalized spacial score (nSPS) is 19.6. The van der Waals surface area contributed by atoms with Gasteiger partial charge in [-0.05, 0) is 25.2 Å². The van der Waals surface area contributed by atoms with Crippen LogP contribution in [-0.2, 0) is 0 Å². The molecule has 1 aromatic carbocycles. The van der Waals surface area contributed by atoms with E-state index in [1.807, 2.05) is 7.05 Å². The Morgan fingerprint density at radius 2 is 2.30 bits per heavy atom. The first kappa shape index (κ1) is 14.9. The van der Waals surface area contributed by atoms with E-state index in [2.05, 4.69) is 20.4 Å². The van der Waals surface area contributed by atoms with E-state index < -0.39 is 0 Å². The maximum absolute atomic E-state index is 13.2. The van der Waals surface area contributed by atoms with Crippen molar-refractivity contribution in [2.75, 3.05) is 26.7 Å². The van der Waals surface area contributed by atoms with Crippen molar-refractivity contribution < 1.29 is 8.91 Å². The first-order valence-corrected chi connectivity index (χ1v) is 6.24. The number of halogens is 2. The Balaban J connectivity index is 0.00000147. The van der Waals surface area contributed by atoms with E-state index in [0.29, 0.717) is 17.3 Å². The zero-order valence-electron chi connectivity index (χ0n) is 11.0. The van der Waals surface area contributed by atoms with E-state index in [1.54, 1.807) is 12.1 Å². The van der Waals surface area contributed by atoms with Crippen LogP contribution in [0.1, 0.15) is 11.9 Å². The van der Waals surface area contributed by atoms with Crippen LogP contribution >= 0.6 is 12.4 Å². The smallest absolute Gasteiger partial charge is 0.258 e. The molecule has 1 atom stereocenters. The quantitative estimate of drug-likeness (QED) is 0.917. The number of nitrogens with zero attached hydrogens (tertiary/aromatic N) is 3. The van der Waals surface area contributed by atoms with Crippen LogP contribution in [0.5, 0.6) is 0 Å². The number of benzene rings is 1. The lowest BCUT2D eigenvalue weighted by Crippen LogP contribution is -2.44. The van der Waals surface area contributed by atoms with Crippen LogP contribution in [0, 0.1) is 5.82 Å². The molecule has 7 heteroatoms. The molecule has 0 radical (unpaired) electrons. The summed E-state index contributed by atoms with van der Waals surface area (Å²) in [6.45, 7) is 2.69. The molecule has 3 rings (SSSR count). The van der Waals surface area contributed by atoms with Gasteiger partial charge in [0.2, 0.25) is 0 Å². The molecule has 1 unspecified atom stereocenters. The van der Waals surface area contributed by atoms with Gasteiger partial charge in [-0.15, -0.1) is 12.4 Å². The number of likely N-dealkylation sites (N-methyl/N-ethyl adjacent to an activating group) is 1. The third-order valence-electron chi connectivity index (χ3n) is 3.32. The van der Waals surface area contributed by atoms with Gasteiger partial charge < -0.3 is 9.84 Å². The molecule has 0 bridgehead atoms. The SMILES string of the molecule is CN1CCNCC1c1noc(-c2cccc(F)c2)n1.Cl. The van der Waals surface area contributed by atoms with Crippen LogP contribution in [0.2, 0.25) is 0 Å². The van der Waals surface area contributed by atoms with Gasteiger partial charge >= 0.3 is 0 Å². The first-order valence-electron chi connectivity index (χ1n) is 6.24. The maximum Gasteiger partial charge on any atom is 0.258 e. The Hall–Kier alpha value is -1.50. The maximum atomic E-state index is 13.2. The van der Waals surface area contributed by atoms with E-state index in [1.165, 1.54) is 12.1 Å². The van der Waals surface area contributed by atoms with Crippen LogP contribution in [0.4, 0.5) is 4.39 Å². The Morgan fingerprint density at radius 1 is 1.45 bits per heavy atom. The number of aromatic nitrogens is 2. The van der Waals surface area contributed by atoms with Crippen LogP contribution in [0.25, 0.3) is 11.5 Å². The second kappa shape index (κ2) is 6.30. The number of nitrogens with one attached hydrogen (secondary N) is 1. The van der Waals surface area contributed by atoms with E-state index in [9.17, 15) is 4.39 Å². The van der Waals surface area contributed by atoms with Gasteiger partial charge in [0.15, 0.2) is 5.82 Å². The minimum atomic E-state index is -0.311. The molecular weight excluding hydrogens is 283 g/mol. The molecule has 1 aliphatic rings. The zero-order chi connectivity index (χ0) is 13.2. The molecule has 20 heavy (non-hydrogen) atoms. The van der Waals surface area contributed by atoms with Gasteiger partial charge in [-0.2, -0.15) is 4.98 Å². The molecule has 0 spiro atoms. The lowest BCUT2D eigenvalue weighted by atomic mass is 10.2. The molecule has 0 saturated carbocycles. The Labute approximate surface area is 122 Å². The summed E-state index contributed by atoms with van der Waals surface area (Å²) in [5, 5.41) is 7.30. The second-order valence-corrected chi connectivity index (χ2v) is 4.67. The van der Waals surface area contributed by atoms with Gasteiger partial charge in [0.25, 0.3) is 5.89 Å². The minimum Gasteiger partial charge on any atom is -0.334 e. The van der Waals surface area contributed by atoms with Gasteiger partial charge in [-0.3, -0.25) is 4.90 Å². The summed E-state index contributed by atoms with van der Waals surface area (Å²) < 4.78 is 18.4. The Kier molecular flexibility index (Phi) is 4.69. The highest BCUT2D eigenvalue weighted by molar-refractivity contribution is 5.85. The average Bonchev–Trinajstić information content (AvgIpc) is 2.89. The Morgan fingerprint density at radius 3 is 3.05 bits per heavy atom. The molecule has 1 N–H and O–H groups in total. The number of hydrogen-bond acceptors (Lipinski definition) is 5. The van der Waals surface area contributed by atoms with Crippen LogP contribution < -0.4 is 5.32 Å². The van der Waals surface area contributed by atoms with Crippen molar-refractivity contribution in [2.45, 2.75) is 6.04 Å². The molecule has 5 nitrogen and oxygen atoms in total. The highest BCUT2D eigenvalue weighted by Gasteiger charge is 2.25. The van der Waals surface area contributed by atoms with Crippen molar-refractivity contribution >= 4 is 12.4 Å². The fourth-order valence-electron chi connectivity index (χ4n) is 2.20. The fourth-order valence-corrected chi connectivity index (χ4v) is 2.20. The van der Waals surface area contributed by atoms with E-state index >= 15 is 0 Å². The minimum absolute atomic E-state index is 0. The summed E-state index contributed by atoms with van der Waals surface area (Å²) in [6.07, 6.45) is 0. The summed E-state index contributed by atoms with van der Waals surface area (Å²) in [5.74, 6) is 0.677. The third kappa shape index (κ3) is 2.98. The second-order valence-electron chi connectivity index (χ2n) is 4.67. The van der Waals surface area contributed by atoms with Crippen LogP contribution in [-0.4, -0.2) is 41.7 Å². The molecule has 1 fully saturated rings. The molecule has 1 saturated heterocycles. The predicted molar refractivity (Wildman–Crippen MR) is 75.2 cm³/mol. The van der Waals surface area contributed by atoms with Crippen molar-refractivity contribution in [1.29, 1.82) is 0 Å². The fraction of sp³-hybridized carbons (Fsp3) is 0.385. The first-order chi connectivity index (χ1) is 9.24. The van der Waals surface area contributed by atoms with E-state index in [0.717, 1.165) is 19.6 Å². The largest absolute Gasteiger partial charge is 0.334 e. The van der Waals surface area contributed by atoms with Crippen molar-refractivity contribution in [2.24, 2.45) is 0 Å². The lowest BCUT2D eigenvalue weighted by Gasteiger charge is -2.30. The number of rotatable bonds is 2. The highest BCUT2D eigenvalue weighted by atomic mass is 35.5. The molecule has 2 heterocycles. The summed E-state index contributed by atoms with van der Waals surface area (Å²) in [5.41, 5.74) is 0.602. The van der Waals surface area contributed by atoms with Crippen molar-refractivity contribution in [3.05, 3.63) is 35.9 Å². The molecule has 0 amide bonds. The highest BCUT2D eigenvalue weighted by Crippen LogP contribution is 2.22. The van der Waals surface area contributed by atoms with Gasteiger partial charge in [-0.25, -0.2) is 4.39 Å². The molecule has 2 aromatic rings. The van der Waals surface area contributed by atoms with E-state index in [4.69, 9.17) is 4.52 Å². The van der Waals surface area contributed by atoms with Gasteiger partial charge in [-0.1, -0.05) is 11.2 Å². The molecule has 1 aliphatic heterocycles. The van der Waals surface area contributed by atoms with Gasteiger partial charge in [0.1, 0.15) is 5.82 Å². The lowest BCUT2D eigenvalue weighted by molar-refractivity contribution is 0.190. The molecular formula is C13H16ClFN4O. The van der Waals surface area contributed by atoms with Crippen molar-refractivity contribution in [3.8, 4) is 11.5 Å². The number of piperazine rings is 1. The van der Waals surface area contributed by atoms with Gasteiger partial charge in [0, 0.05) is 25.2 Å². The van der Waals surface area contributed by atoms with Crippen LogP contribution in [0.3, 0.4) is 0 Å². The summed E-state index contributed by atoms with van der Waals surface area (Å²) in [4.78, 5) is 6.55. The molecule has 0 aliphatic carbocycles. The Bertz CT molecular complexity index is 577. The predicted octanol–water partition coefficient (Wildman–Crippen LogP) is 1.87. The third-order valence-corrected chi connectivity index (χ3v) is 3.32. The zero-order valence-corrected chi connectivity index (χ0v) is 11.9. The van der Waals surface area contributed by atoms with Crippen LogP contribution in [0.15, 0.2) is 28.8 Å². The monoisotopic (exact) mass is 298 g/mol. The average molecular weight is 299 g/mol. The molecule has 108 valence electrons. The number of hydrogen-bond donors (Lipinski definition) is 1. The van der Waals surface area contributed by atoms with Crippen molar-refractivity contribution in [1.82, 2.24) is 20.4 Å².